The van der Waals surface area contributed by atoms with Crippen molar-refractivity contribution in [2.24, 2.45) is 5.41 Å². The first-order chi connectivity index (χ1) is 14.6. The van der Waals surface area contributed by atoms with Gasteiger partial charge in [0.05, 0.1) is 21.5 Å². The van der Waals surface area contributed by atoms with Gasteiger partial charge in [-0.15, -0.1) is 0 Å². The van der Waals surface area contributed by atoms with Crippen LogP contribution in [0.1, 0.15) is 52.9 Å². The van der Waals surface area contributed by atoms with Gasteiger partial charge in [-0.05, 0) is 77.1 Å². The van der Waals surface area contributed by atoms with Crippen LogP contribution in [0, 0.1) is 5.41 Å². The predicted octanol–water partition coefficient (Wildman–Crippen LogP) is 3.87. The minimum Gasteiger partial charge on any atom is -0.484 e. The fraction of sp³-hybridized carbons (Fsp3) is 0.682. The van der Waals surface area contributed by atoms with Gasteiger partial charge in [-0.1, -0.05) is 0 Å². The van der Waals surface area contributed by atoms with Crippen LogP contribution in [0.2, 0.25) is 0 Å². The summed E-state index contributed by atoms with van der Waals surface area (Å²) in [5, 5.41) is 10.9. The number of alkyl halides is 3. The number of rotatable bonds is 5. The summed E-state index contributed by atoms with van der Waals surface area (Å²) in [6.07, 6.45) is -2.60. The van der Waals surface area contributed by atoms with Crippen LogP contribution in [0.4, 0.5) is 18.9 Å². The van der Waals surface area contributed by atoms with E-state index in [4.69, 9.17) is 4.74 Å². The largest absolute Gasteiger partial charge is 0.484 e. The van der Waals surface area contributed by atoms with E-state index in [9.17, 15) is 31.5 Å². The molecule has 32 heavy (non-hydrogen) atoms. The van der Waals surface area contributed by atoms with Crippen molar-refractivity contribution >= 4 is 21.4 Å². The topological polar surface area (TPSA) is 83.9 Å². The van der Waals surface area contributed by atoms with Crippen molar-refractivity contribution in [3.8, 4) is 5.75 Å². The molecule has 1 saturated carbocycles. The molecule has 1 heterocycles. The van der Waals surface area contributed by atoms with Crippen LogP contribution < -0.4 is 9.64 Å². The fourth-order valence-electron chi connectivity index (χ4n) is 4.33. The highest BCUT2D eigenvalue weighted by atomic mass is 32.2. The van der Waals surface area contributed by atoms with Gasteiger partial charge >= 0.3 is 6.18 Å². The molecule has 10 heteroatoms. The van der Waals surface area contributed by atoms with Crippen molar-refractivity contribution in [1.29, 1.82) is 0 Å². The lowest BCUT2D eigenvalue weighted by Crippen LogP contribution is -2.49. The van der Waals surface area contributed by atoms with Gasteiger partial charge in [-0.25, -0.2) is 8.42 Å². The van der Waals surface area contributed by atoms with Crippen LogP contribution in [0.3, 0.4) is 0 Å². The number of hydrogen-bond acceptors (Lipinski definition) is 5. The summed E-state index contributed by atoms with van der Waals surface area (Å²) >= 11 is 0. The molecule has 2 fully saturated rings. The molecule has 0 radical (unpaired) electrons. The number of benzene rings is 1. The minimum atomic E-state index is -4.43. The maximum absolute atomic E-state index is 13.2. The Morgan fingerprint density at radius 2 is 1.59 bits per heavy atom. The summed E-state index contributed by atoms with van der Waals surface area (Å²) in [6, 6.07) is 5.90. The first-order valence-corrected chi connectivity index (χ1v) is 12.3. The fourth-order valence-corrected chi connectivity index (χ4v) is 5.76. The number of sulfone groups is 1. The zero-order valence-electron chi connectivity index (χ0n) is 18.5. The van der Waals surface area contributed by atoms with E-state index >= 15 is 0 Å². The number of amides is 1. The normalized spacial score (nSPS) is 27.2. The van der Waals surface area contributed by atoms with Crippen molar-refractivity contribution in [1.82, 2.24) is 0 Å². The first-order valence-electron chi connectivity index (χ1n) is 10.6. The Hall–Kier alpha value is -1.81. The molecule has 1 N–H and O–H groups in total. The predicted molar refractivity (Wildman–Crippen MR) is 114 cm³/mol. The molecule has 0 atom stereocenters. The second-order valence-electron chi connectivity index (χ2n) is 9.98. The molecular weight excluding hydrogens is 447 g/mol. The SMILES string of the molecule is CC(C)(C)S(=O)(=O)C[C@]1(O)CC[C@]2(CCN(c3ccc(OCC(F)(F)F)cc3)C2=O)CC1. The van der Waals surface area contributed by atoms with Gasteiger partial charge in [0, 0.05) is 12.2 Å². The molecular formula is C22H30F3NO5S. The molecule has 6 nitrogen and oxygen atoms in total. The van der Waals surface area contributed by atoms with Crippen LogP contribution in [0.5, 0.6) is 5.75 Å². The van der Waals surface area contributed by atoms with Crippen LogP contribution >= 0.6 is 0 Å². The number of carbonyl (C=O) groups excluding carboxylic acids is 1. The average Bonchev–Trinajstić information content (AvgIpc) is 2.98. The molecule has 2 aliphatic rings. The van der Waals surface area contributed by atoms with E-state index in [1.807, 2.05) is 0 Å². The second-order valence-corrected chi connectivity index (χ2v) is 12.7. The van der Waals surface area contributed by atoms with E-state index in [-0.39, 0.29) is 30.3 Å². The highest BCUT2D eigenvalue weighted by Crippen LogP contribution is 2.49. The Labute approximate surface area is 186 Å². The van der Waals surface area contributed by atoms with Crippen molar-refractivity contribution in [3.05, 3.63) is 24.3 Å². The van der Waals surface area contributed by atoms with Gasteiger partial charge in [0.15, 0.2) is 16.4 Å². The van der Waals surface area contributed by atoms with Gasteiger partial charge in [-0.2, -0.15) is 13.2 Å². The lowest BCUT2D eigenvalue weighted by Gasteiger charge is -2.41. The average molecular weight is 478 g/mol. The van der Waals surface area contributed by atoms with Crippen molar-refractivity contribution in [2.75, 3.05) is 23.8 Å². The summed E-state index contributed by atoms with van der Waals surface area (Å²) in [4.78, 5) is 14.8. The number of nitrogens with zero attached hydrogens (tertiary/aromatic N) is 1. The van der Waals surface area contributed by atoms with Gasteiger partial charge in [0.1, 0.15) is 5.75 Å². The highest BCUT2D eigenvalue weighted by Gasteiger charge is 2.53. The molecule has 1 saturated heterocycles. The molecule has 1 spiro atoms. The molecule has 180 valence electrons. The maximum atomic E-state index is 13.2. The van der Waals surface area contributed by atoms with Crippen molar-refractivity contribution in [2.45, 2.75) is 69.4 Å². The maximum Gasteiger partial charge on any atom is 0.422 e. The monoisotopic (exact) mass is 477 g/mol. The van der Waals surface area contributed by atoms with Gasteiger partial charge in [-0.3, -0.25) is 4.79 Å². The molecule has 0 unspecified atom stereocenters. The summed E-state index contributed by atoms with van der Waals surface area (Å²) in [7, 11) is -3.50. The zero-order valence-corrected chi connectivity index (χ0v) is 19.4. The Kier molecular flexibility index (Phi) is 6.36. The van der Waals surface area contributed by atoms with Crippen LogP contribution in [-0.4, -0.2) is 54.9 Å². The highest BCUT2D eigenvalue weighted by molar-refractivity contribution is 7.92. The molecule has 1 aromatic rings. The van der Waals surface area contributed by atoms with Gasteiger partial charge in [0.25, 0.3) is 0 Å². The molecule has 0 bridgehead atoms. The lowest BCUT2D eigenvalue weighted by molar-refractivity contribution is -0.153. The molecule has 1 aliphatic heterocycles. The lowest BCUT2D eigenvalue weighted by atomic mass is 9.68. The number of ether oxygens (including phenoxy) is 1. The number of anilines is 1. The molecule has 3 rings (SSSR count). The minimum absolute atomic E-state index is 0.0650. The smallest absolute Gasteiger partial charge is 0.422 e. The summed E-state index contributed by atoms with van der Waals surface area (Å²) in [6.45, 7) is 3.89. The van der Waals surface area contributed by atoms with Crippen molar-refractivity contribution < 1.29 is 36.2 Å². The number of carbonyl (C=O) groups is 1. The van der Waals surface area contributed by atoms with Crippen molar-refractivity contribution in [3.63, 3.8) is 0 Å². The molecule has 1 aromatic carbocycles. The number of halogens is 3. The zero-order chi connectivity index (χ0) is 24.0. The third kappa shape index (κ3) is 5.22. The van der Waals surface area contributed by atoms with Crippen LogP contribution in [0.25, 0.3) is 0 Å². The Balaban J connectivity index is 1.65. The van der Waals surface area contributed by atoms with E-state index in [2.05, 4.69) is 0 Å². The molecule has 1 aliphatic carbocycles. The third-order valence-corrected chi connectivity index (χ3v) is 9.38. The molecule has 1 amide bonds. The Morgan fingerprint density at radius 3 is 2.09 bits per heavy atom. The quantitative estimate of drug-likeness (QED) is 0.696. The summed E-state index contributed by atoms with van der Waals surface area (Å²) in [5.74, 6) is -0.353. The summed E-state index contributed by atoms with van der Waals surface area (Å²) < 4.78 is 65.7. The summed E-state index contributed by atoms with van der Waals surface area (Å²) in [5.41, 5.74) is -1.42. The van der Waals surface area contributed by atoms with Gasteiger partial charge < -0.3 is 14.7 Å². The third-order valence-electron chi connectivity index (χ3n) is 6.59. The first kappa shape index (κ1) is 24.8. The number of hydrogen-bond donors (Lipinski definition) is 1. The standard InChI is InChI=1S/C22H30F3NO5S/c1-19(2,3)32(29,30)15-21(28)10-8-20(9-11-21)12-13-26(18(20)27)16-4-6-17(7-5-16)31-14-22(23,24)25/h4-7,28H,8-15H2,1-3H3/t20-,21+. The van der Waals surface area contributed by atoms with E-state index in [0.717, 1.165) is 0 Å². The Bertz CT molecular complexity index is 943. The van der Waals surface area contributed by atoms with Gasteiger partial charge in [0.2, 0.25) is 5.91 Å². The second kappa shape index (κ2) is 8.20. The van der Waals surface area contributed by atoms with E-state index < -0.39 is 38.4 Å². The van der Waals surface area contributed by atoms with E-state index in [0.29, 0.717) is 31.5 Å². The Morgan fingerprint density at radius 1 is 1.03 bits per heavy atom. The van der Waals surface area contributed by atoms with E-state index in [1.54, 1.807) is 37.8 Å². The van der Waals surface area contributed by atoms with E-state index in [1.165, 1.54) is 12.1 Å². The number of aliphatic hydroxyl groups is 1. The molecule has 0 aromatic heterocycles. The van der Waals surface area contributed by atoms with Crippen LogP contribution in [-0.2, 0) is 14.6 Å². The van der Waals surface area contributed by atoms with Crippen LogP contribution in [0.15, 0.2) is 24.3 Å².